The zero-order chi connectivity index (χ0) is 17.1. The van der Waals surface area contributed by atoms with Crippen LogP contribution in [0.4, 0.5) is 0 Å². The molecule has 6 aromatic rings. The van der Waals surface area contributed by atoms with E-state index in [2.05, 4.69) is 95.6 Å². The van der Waals surface area contributed by atoms with Gasteiger partial charge in [-0.05, 0) is 36.4 Å². The first-order chi connectivity index (χ1) is 12.9. The summed E-state index contributed by atoms with van der Waals surface area (Å²) in [6.45, 7) is 0. The molecule has 0 aliphatic carbocycles. The van der Waals surface area contributed by atoms with E-state index >= 15 is 0 Å². The summed E-state index contributed by atoms with van der Waals surface area (Å²) in [7, 11) is 0. The number of nitrogens with zero attached hydrogens (tertiary/aromatic N) is 1. The lowest BCUT2D eigenvalue weighted by atomic mass is 10.1. The maximum Gasteiger partial charge on any atom is 0.0541 e. The minimum absolute atomic E-state index is 1.22. The Hall–Kier alpha value is -3.10. The molecule has 0 bridgehead atoms. The first-order valence-electron chi connectivity index (χ1n) is 8.80. The predicted molar refractivity (Wildman–Crippen MR) is 114 cm³/mol. The molecule has 0 saturated carbocycles. The van der Waals surface area contributed by atoms with E-state index < -0.39 is 0 Å². The van der Waals surface area contributed by atoms with Crippen LogP contribution >= 0.6 is 11.3 Å². The molecule has 26 heavy (non-hydrogen) atoms. The summed E-state index contributed by atoms with van der Waals surface area (Å²) in [4.78, 5) is 0. The molecule has 0 aliphatic rings. The second-order valence-electron chi connectivity index (χ2n) is 6.65. The van der Waals surface area contributed by atoms with Crippen molar-refractivity contribution in [2.75, 3.05) is 0 Å². The Morgan fingerprint density at radius 3 is 1.81 bits per heavy atom. The van der Waals surface area contributed by atoms with Crippen molar-refractivity contribution in [1.82, 2.24) is 4.57 Å². The zero-order valence-corrected chi connectivity index (χ0v) is 14.8. The SMILES string of the molecule is c1ccc2c(c1)sc1ccc(-n3c4ccccc4c4ccccc43)cc12. The molecule has 2 heterocycles. The van der Waals surface area contributed by atoms with E-state index in [1.54, 1.807) is 0 Å². The third kappa shape index (κ3) is 1.85. The smallest absolute Gasteiger partial charge is 0.0541 e. The summed E-state index contributed by atoms with van der Waals surface area (Å²) >= 11 is 1.87. The molecule has 0 radical (unpaired) electrons. The zero-order valence-electron chi connectivity index (χ0n) is 14.0. The molecule has 0 atom stereocenters. The number of benzene rings is 4. The molecule has 2 heteroatoms. The van der Waals surface area contributed by atoms with Crippen molar-refractivity contribution in [1.29, 1.82) is 0 Å². The van der Waals surface area contributed by atoms with Crippen LogP contribution in [-0.4, -0.2) is 4.57 Å². The van der Waals surface area contributed by atoms with Crippen LogP contribution < -0.4 is 0 Å². The lowest BCUT2D eigenvalue weighted by Crippen LogP contribution is -1.93. The van der Waals surface area contributed by atoms with Gasteiger partial charge in [0.1, 0.15) is 0 Å². The highest BCUT2D eigenvalue weighted by Gasteiger charge is 2.12. The Bertz CT molecular complexity index is 1380. The molecule has 0 spiro atoms. The molecule has 0 N–H and O–H groups in total. The van der Waals surface area contributed by atoms with Crippen LogP contribution in [0, 0.1) is 0 Å². The average molecular weight is 349 g/mol. The Balaban J connectivity index is 1.76. The number of para-hydroxylation sites is 2. The number of hydrogen-bond acceptors (Lipinski definition) is 1. The van der Waals surface area contributed by atoms with Crippen LogP contribution in [0.3, 0.4) is 0 Å². The standard InChI is InChI=1S/C24H15NS/c1-4-10-21-17(7-1)18-8-2-5-11-22(18)25(21)16-13-14-24-20(15-16)19-9-3-6-12-23(19)26-24/h1-15H. The summed E-state index contributed by atoms with van der Waals surface area (Å²) < 4.78 is 5.08. The number of thiophene rings is 1. The average Bonchev–Trinajstić information content (AvgIpc) is 3.23. The topological polar surface area (TPSA) is 4.93 Å². The lowest BCUT2D eigenvalue weighted by molar-refractivity contribution is 1.19. The molecular weight excluding hydrogens is 334 g/mol. The van der Waals surface area contributed by atoms with Crippen molar-refractivity contribution in [2.24, 2.45) is 0 Å². The highest BCUT2D eigenvalue weighted by atomic mass is 32.1. The van der Waals surface area contributed by atoms with Gasteiger partial charge < -0.3 is 4.57 Å². The minimum Gasteiger partial charge on any atom is -0.309 e. The van der Waals surface area contributed by atoms with Gasteiger partial charge in [-0.3, -0.25) is 0 Å². The minimum atomic E-state index is 1.22. The van der Waals surface area contributed by atoms with Crippen molar-refractivity contribution in [3.63, 3.8) is 0 Å². The molecule has 4 aromatic carbocycles. The second-order valence-corrected chi connectivity index (χ2v) is 7.73. The van der Waals surface area contributed by atoms with E-state index in [0.29, 0.717) is 0 Å². The Labute approximate surface area is 154 Å². The van der Waals surface area contributed by atoms with Crippen LogP contribution in [0.2, 0.25) is 0 Å². The van der Waals surface area contributed by atoms with Crippen molar-refractivity contribution in [2.45, 2.75) is 0 Å². The summed E-state index contributed by atoms with van der Waals surface area (Å²) in [6, 6.07) is 32.9. The van der Waals surface area contributed by atoms with Gasteiger partial charge in [-0.25, -0.2) is 0 Å². The van der Waals surface area contributed by atoms with E-state index in [-0.39, 0.29) is 0 Å². The predicted octanol–water partition coefficient (Wildman–Crippen LogP) is 7.15. The van der Waals surface area contributed by atoms with Crippen molar-refractivity contribution in [3.05, 3.63) is 91.0 Å². The molecule has 6 rings (SSSR count). The first kappa shape index (κ1) is 14.1. The van der Waals surface area contributed by atoms with Gasteiger partial charge in [0.25, 0.3) is 0 Å². The molecule has 122 valence electrons. The highest BCUT2D eigenvalue weighted by Crippen LogP contribution is 2.37. The lowest BCUT2D eigenvalue weighted by Gasteiger charge is -2.08. The van der Waals surface area contributed by atoms with Crippen LogP contribution in [-0.2, 0) is 0 Å². The molecule has 2 aromatic heterocycles. The summed E-state index contributed by atoms with van der Waals surface area (Å²) in [5, 5.41) is 5.29. The molecular formula is C24H15NS. The largest absolute Gasteiger partial charge is 0.309 e. The van der Waals surface area contributed by atoms with Crippen LogP contribution in [0.15, 0.2) is 91.0 Å². The van der Waals surface area contributed by atoms with E-state index in [0.717, 1.165) is 0 Å². The van der Waals surface area contributed by atoms with Crippen LogP contribution in [0.5, 0.6) is 0 Å². The number of rotatable bonds is 1. The summed E-state index contributed by atoms with van der Waals surface area (Å²) in [5.41, 5.74) is 3.73. The van der Waals surface area contributed by atoms with E-state index in [9.17, 15) is 0 Å². The Morgan fingerprint density at radius 2 is 1.08 bits per heavy atom. The second kappa shape index (κ2) is 5.20. The molecule has 0 saturated heterocycles. The molecule has 0 aliphatic heterocycles. The molecule has 0 unspecified atom stereocenters. The molecule has 0 amide bonds. The Morgan fingerprint density at radius 1 is 0.500 bits per heavy atom. The summed E-state index contributed by atoms with van der Waals surface area (Å²) in [6.07, 6.45) is 0. The van der Waals surface area contributed by atoms with Gasteiger partial charge in [0.15, 0.2) is 0 Å². The van der Waals surface area contributed by atoms with Gasteiger partial charge in [0.2, 0.25) is 0 Å². The van der Waals surface area contributed by atoms with Gasteiger partial charge >= 0.3 is 0 Å². The quantitative estimate of drug-likeness (QED) is 0.297. The fourth-order valence-corrected chi connectivity index (χ4v) is 5.14. The third-order valence-corrected chi connectivity index (χ3v) is 6.35. The number of aromatic nitrogens is 1. The number of fused-ring (bicyclic) bond motifs is 6. The summed E-state index contributed by atoms with van der Waals surface area (Å²) in [5.74, 6) is 0. The van der Waals surface area contributed by atoms with Crippen molar-refractivity contribution >= 4 is 53.3 Å². The maximum absolute atomic E-state index is 2.39. The van der Waals surface area contributed by atoms with Gasteiger partial charge in [0.05, 0.1) is 11.0 Å². The third-order valence-electron chi connectivity index (χ3n) is 5.20. The van der Waals surface area contributed by atoms with E-state index in [4.69, 9.17) is 0 Å². The van der Waals surface area contributed by atoms with Gasteiger partial charge in [0, 0.05) is 36.6 Å². The monoisotopic (exact) mass is 349 g/mol. The number of hydrogen-bond donors (Lipinski definition) is 0. The Kier molecular flexibility index (Phi) is 2.82. The van der Waals surface area contributed by atoms with E-state index in [1.807, 2.05) is 11.3 Å². The maximum atomic E-state index is 2.39. The van der Waals surface area contributed by atoms with Gasteiger partial charge in [-0.15, -0.1) is 11.3 Å². The molecule has 1 nitrogen and oxygen atoms in total. The van der Waals surface area contributed by atoms with Crippen LogP contribution in [0.25, 0.3) is 47.7 Å². The van der Waals surface area contributed by atoms with Crippen molar-refractivity contribution < 1.29 is 0 Å². The fraction of sp³-hybridized carbons (Fsp3) is 0. The highest BCUT2D eigenvalue weighted by molar-refractivity contribution is 7.25. The molecule has 0 fully saturated rings. The van der Waals surface area contributed by atoms with Gasteiger partial charge in [-0.1, -0.05) is 54.6 Å². The van der Waals surface area contributed by atoms with Crippen molar-refractivity contribution in [3.8, 4) is 5.69 Å². The first-order valence-corrected chi connectivity index (χ1v) is 9.62. The van der Waals surface area contributed by atoms with Crippen LogP contribution in [0.1, 0.15) is 0 Å². The normalized spacial score (nSPS) is 11.8. The fourth-order valence-electron chi connectivity index (χ4n) is 4.05. The van der Waals surface area contributed by atoms with E-state index in [1.165, 1.54) is 47.7 Å². The van der Waals surface area contributed by atoms with Gasteiger partial charge in [-0.2, -0.15) is 0 Å².